The van der Waals surface area contributed by atoms with Crippen molar-refractivity contribution in [2.75, 3.05) is 0 Å². The third-order valence-corrected chi connectivity index (χ3v) is 3.02. The number of nitrogens with zero attached hydrogens (tertiary/aromatic N) is 1. The summed E-state index contributed by atoms with van der Waals surface area (Å²) in [6.45, 7) is 4.23. The summed E-state index contributed by atoms with van der Waals surface area (Å²) < 4.78 is 1.13. The van der Waals surface area contributed by atoms with Gasteiger partial charge in [0.25, 0.3) is 0 Å². The lowest BCUT2D eigenvalue weighted by Gasteiger charge is -2.04. The number of fused-ring (bicyclic) bond motifs is 1. The highest BCUT2D eigenvalue weighted by Gasteiger charge is 2.01. The molecule has 0 fully saturated rings. The Bertz CT molecular complexity index is 477. The zero-order valence-corrected chi connectivity index (χ0v) is 9.93. The normalized spacial score (nSPS) is 10.8. The van der Waals surface area contributed by atoms with E-state index in [1.807, 2.05) is 6.20 Å². The molecule has 0 radical (unpaired) electrons. The Morgan fingerprint density at radius 1 is 1.29 bits per heavy atom. The smallest absolute Gasteiger partial charge is 0.0716 e. The summed E-state index contributed by atoms with van der Waals surface area (Å²) >= 11 is 3.57. The van der Waals surface area contributed by atoms with Crippen molar-refractivity contribution >= 4 is 26.8 Å². The summed E-state index contributed by atoms with van der Waals surface area (Å²) in [5.41, 5.74) is 3.58. The fourth-order valence-corrected chi connectivity index (χ4v) is 2.23. The molecule has 2 heteroatoms. The van der Waals surface area contributed by atoms with E-state index >= 15 is 0 Å². The molecule has 0 saturated heterocycles. The van der Waals surface area contributed by atoms with Crippen LogP contribution in [0, 0.1) is 6.92 Å². The Morgan fingerprint density at radius 3 is 2.79 bits per heavy atom. The van der Waals surface area contributed by atoms with Crippen LogP contribution in [0.25, 0.3) is 10.9 Å². The second kappa shape index (κ2) is 3.70. The highest BCUT2D eigenvalue weighted by molar-refractivity contribution is 9.10. The molecule has 1 nitrogen and oxygen atoms in total. The second-order valence-corrected chi connectivity index (χ2v) is 4.36. The quantitative estimate of drug-likeness (QED) is 0.748. The Kier molecular flexibility index (Phi) is 2.55. The zero-order chi connectivity index (χ0) is 10.1. The summed E-state index contributed by atoms with van der Waals surface area (Å²) in [6.07, 6.45) is 2.98. The number of halogens is 1. The highest BCUT2D eigenvalue weighted by Crippen LogP contribution is 2.25. The van der Waals surface area contributed by atoms with Crippen LogP contribution >= 0.6 is 15.9 Å². The van der Waals surface area contributed by atoms with Crippen molar-refractivity contribution in [1.82, 2.24) is 4.98 Å². The van der Waals surface area contributed by atoms with Crippen LogP contribution in [0.3, 0.4) is 0 Å². The van der Waals surface area contributed by atoms with Crippen molar-refractivity contribution < 1.29 is 0 Å². The Labute approximate surface area is 92.3 Å². The van der Waals surface area contributed by atoms with Crippen LogP contribution in [0.2, 0.25) is 0 Å². The van der Waals surface area contributed by atoms with Gasteiger partial charge < -0.3 is 0 Å². The minimum atomic E-state index is 1.03. The van der Waals surface area contributed by atoms with E-state index in [0.717, 1.165) is 16.4 Å². The van der Waals surface area contributed by atoms with Gasteiger partial charge in [0.05, 0.1) is 5.52 Å². The predicted molar refractivity (Wildman–Crippen MR) is 63.6 cm³/mol. The molecule has 0 spiro atoms. The molecule has 0 aliphatic carbocycles. The van der Waals surface area contributed by atoms with Crippen LogP contribution in [-0.4, -0.2) is 4.98 Å². The van der Waals surface area contributed by atoms with E-state index in [0.29, 0.717) is 0 Å². The van der Waals surface area contributed by atoms with E-state index in [1.54, 1.807) is 0 Å². The number of rotatable bonds is 1. The van der Waals surface area contributed by atoms with Gasteiger partial charge in [-0.15, -0.1) is 0 Å². The molecule has 14 heavy (non-hydrogen) atoms. The molecule has 2 aromatic rings. The molecule has 1 aromatic heterocycles. The molecular formula is C12H12BrN. The van der Waals surface area contributed by atoms with Gasteiger partial charge in [-0.05, 0) is 42.7 Å². The fraction of sp³-hybridized carbons (Fsp3) is 0.250. The number of hydrogen-bond donors (Lipinski definition) is 0. The fourth-order valence-electron chi connectivity index (χ4n) is 1.55. The Morgan fingerprint density at radius 2 is 2.07 bits per heavy atom. The molecule has 2 rings (SSSR count). The van der Waals surface area contributed by atoms with Gasteiger partial charge in [-0.25, -0.2) is 0 Å². The van der Waals surface area contributed by atoms with Gasteiger partial charge in [-0.1, -0.05) is 22.9 Å². The van der Waals surface area contributed by atoms with Crippen LogP contribution in [0.15, 0.2) is 28.9 Å². The number of pyridine rings is 1. The van der Waals surface area contributed by atoms with E-state index in [2.05, 4.69) is 53.0 Å². The van der Waals surface area contributed by atoms with Gasteiger partial charge in [-0.2, -0.15) is 0 Å². The number of aromatic nitrogens is 1. The maximum absolute atomic E-state index is 4.44. The van der Waals surface area contributed by atoms with Crippen molar-refractivity contribution in [2.45, 2.75) is 20.3 Å². The molecule has 0 amide bonds. The lowest BCUT2D eigenvalue weighted by molar-refractivity contribution is 1.12. The molecule has 72 valence electrons. The van der Waals surface area contributed by atoms with Crippen molar-refractivity contribution in [3.63, 3.8) is 0 Å². The first-order chi connectivity index (χ1) is 6.70. The van der Waals surface area contributed by atoms with E-state index in [1.165, 1.54) is 16.5 Å². The van der Waals surface area contributed by atoms with Gasteiger partial charge in [-0.3, -0.25) is 4.98 Å². The largest absolute Gasteiger partial charge is 0.256 e. The molecule has 0 N–H and O–H groups in total. The molecule has 1 heterocycles. The van der Waals surface area contributed by atoms with Gasteiger partial charge >= 0.3 is 0 Å². The third kappa shape index (κ3) is 1.67. The van der Waals surface area contributed by atoms with Crippen LogP contribution in [-0.2, 0) is 6.42 Å². The molecule has 0 bridgehead atoms. The van der Waals surface area contributed by atoms with Gasteiger partial charge in [0.1, 0.15) is 0 Å². The number of benzene rings is 1. The van der Waals surface area contributed by atoms with Gasteiger partial charge in [0.2, 0.25) is 0 Å². The summed E-state index contributed by atoms with van der Waals surface area (Å²) in [4.78, 5) is 4.44. The van der Waals surface area contributed by atoms with Crippen LogP contribution in [0.1, 0.15) is 18.1 Å². The third-order valence-electron chi connectivity index (χ3n) is 2.36. The summed E-state index contributed by atoms with van der Waals surface area (Å²) in [5.74, 6) is 0. The molecule has 0 aliphatic rings. The minimum absolute atomic E-state index is 1.03. The summed E-state index contributed by atoms with van der Waals surface area (Å²) in [7, 11) is 0. The van der Waals surface area contributed by atoms with Crippen LogP contribution in [0.5, 0.6) is 0 Å². The lowest BCUT2D eigenvalue weighted by atomic mass is 10.1. The van der Waals surface area contributed by atoms with Gasteiger partial charge in [0.15, 0.2) is 0 Å². The monoisotopic (exact) mass is 249 g/mol. The number of aryl methyl sites for hydroxylation is 2. The van der Waals surface area contributed by atoms with E-state index in [-0.39, 0.29) is 0 Å². The van der Waals surface area contributed by atoms with Crippen molar-refractivity contribution in [3.05, 3.63) is 40.0 Å². The van der Waals surface area contributed by atoms with Crippen molar-refractivity contribution in [2.24, 2.45) is 0 Å². The maximum atomic E-state index is 4.44. The zero-order valence-electron chi connectivity index (χ0n) is 8.34. The van der Waals surface area contributed by atoms with Crippen molar-refractivity contribution in [3.8, 4) is 0 Å². The van der Waals surface area contributed by atoms with Crippen molar-refractivity contribution in [1.29, 1.82) is 0 Å². The second-order valence-electron chi connectivity index (χ2n) is 3.51. The minimum Gasteiger partial charge on any atom is -0.256 e. The Hall–Kier alpha value is -0.890. The van der Waals surface area contributed by atoms with Gasteiger partial charge in [0, 0.05) is 16.1 Å². The van der Waals surface area contributed by atoms with Crippen LogP contribution < -0.4 is 0 Å². The molecule has 0 unspecified atom stereocenters. The first-order valence-corrected chi connectivity index (χ1v) is 5.55. The molecule has 1 aromatic carbocycles. The van der Waals surface area contributed by atoms with Crippen LogP contribution in [0.4, 0.5) is 0 Å². The Balaban J connectivity index is 2.75. The molecule has 0 saturated carbocycles. The molecular weight excluding hydrogens is 238 g/mol. The number of hydrogen-bond acceptors (Lipinski definition) is 1. The average molecular weight is 250 g/mol. The standard InChI is InChI=1S/C12H12BrN/c1-3-9-6-10-11(13)4-8(2)5-12(10)14-7-9/h4-7H,3H2,1-2H3. The lowest BCUT2D eigenvalue weighted by Crippen LogP contribution is -1.86. The average Bonchev–Trinajstić information content (AvgIpc) is 2.17. The van der Waals surface area contributed by atoms with E-state index < -0.39 is 0 Å². The SMILES string of the molecule is CCc1cnc2cc(C)cc(Br)c2c1. The molecule has 0 aliphatic heterocycles. The summed E-state index contributed by atoms with van der Waals surface area (Å²) in [5, 5.41) is 1.20. The molecule has 0 atom stereocenters. The predicted octanol–water partition coefficient (Wildman–Crippen LogP) is 3.87. The highest BCUT2D eigenvalue weighted by atomic mass is 79.9. The van der Waals surface area contributed by atoms with E-state index in [4.69, 9.17) is 0 Å². The maximum Gasteiger partial charge on any atom is 0.0716 e. The first-order valence-electron chi connectivity index (χ1n) is 4.75. The summed E-state index contributed by atoms with van der Waals surface area (Å²) in [6, 6.07) is 6.44. The first kappa shape index (κ1) is 9.66. The topological polar surface area (TPSA) is 12.9 Å². The van der Waals surface area contributed by atoms with E-state index in [9.17, 15) is 0 Å².